The van der Waals surface area contributed by atoms with Crippen molar-refractivity contribution in [3.05, 3.63) is 36.4 Å². The van der Waals surface area contributed by atoms with Crippen LogP contribution in [0.5, 0.6) is 0 Å². The van der Waals surface area contributed by atoms with E-state index >= 15 is 0 Å². The number of allylic oxidation sites excluding steroid dienone is 1. The number of alkyl halides is 3. The topological polar surface area (TPSA) is 152 Å². The molecule has 15 heteroatoms. The van der Waals surface area contributed by atoms with E-state index in [1.54, 1.807) is 19.1 Å². The summed E-state index contributed by atoms with van der Waals surface area (Å²) < 4.78 is 66.3. The summed E-state index contributed by atoms with van der Waals surface area (Å²) in [5.41, 5.74) is -3.67. The molecule has 0 saturated heterocycles. The molecule has 0 spiro atoms. The number of aliphatic hydroxyl groups excluding tert-OH is 2. The van der Waals surface area contributed by atoms with E-state index in [0.717, 1.165) is 0 Å². The highest BCUT2D eigenvalue weighted by molar-refractivity contribution is 8.00. The first-order valence-electron chi connectivity index (χ1n) is 10.2. The Bertz CT molecular complexity index is 1200. The molecular formula is C20H24F3N5O5S2. The molecule has 5 N–H and O–H groups in total. The number of nitrogens with zero attached hydrogens (tertiary/aromatic N) is 3. The minimum absolute atomic E-state index is 0.00198. The highest BCUT2D eigenvalue weighted by Gasteiger charge is 2.42. The Morgan fingerprint density at radius 3 is 2.71 bits per heavy atom. The van der Waals surface area contributed by atoms with Crippen molar-refractivity contribution >= 4 is 40.4 Å². The van der Waals surface area contributed by atoms with Gasteiger partial charge in [-0.3, -0.25) is 4.18 Å². The van der Waals surface area contributed by atoms with Crippen molar-refractivity contribution in [1.29, 1.82) is 0 Å². The Labute approximate surface area is 203 Å². The lowest BCUT2D eigenvalue weighted by molar-refractivity contribution is -0.0328. The third kappa shape index (κ3) is 7.05. The van der Waals surface area contributed by atoms with Crippen LogP contribution in [0.25, 0.3) is 17.1 Å². The maximum Gasteiger partial charge on any atom is 0.446 e. The van der Waals surface area contributed by atoms with Crippen LogP contribution >= 0.6 is 11.8 Å². The number of aliphatic imine (C=N–C) groups is 1. The smallest absolute Gasteiger partial charge is 0.390 e. The maximum atomic E-state index is 12.8. The van der Waals surface area contributed by atoms with Crippen LogP contribution in [0.2, 0.25) is 0 Å². The molecule has 1 heterocycles. The summed E-state index contributed by atoms with van der Waals surface area (Å²) in [6, 6.07) is 6.62. The predicted octanol–water partition coefficient (Wildman–Crippen LogP) is 2.23. The van der Waals surface area contributed by atoms with Crippen LogP contribution in [-0.4, -0.2) is 65.5 Å². The number of thioether (sulfide) groups is 1. The van der Waals surface area contributed by atoms with Crippen molar-refractivity contribution < 1.29 is 36.0 Å². The zero-order chi connectivity index (χ0) is 26.0. The van der Waals surface area contributed by atoms with Gasteiger partial charge in [0.2, 0.25) is 0 Å². The first kappa shape index (κ1) is 27.2. The number of hydrogen-bond donors (Lipinski definition) is 4. The molecule has 0 unspecified atom stereocenters. The van der Waals surface area contributed by atoms with Crippen molar-refractivity contribution in [1.82, 2.24) is 15.1 Å². The van der Waals surface area contributed by atoms with E-state index in [-0.39, 0.29) is 28.9 Å². The van der Waals surface area contributed by atoms with Crippen molar-refractivity contribution in [2.75, 3.05) is 6.61 Å². The number of nitrogens with one attached hydrogen (secondary N) is 1. The second-order valence-corrected chi connectivity index (χ2v) is 10.1. The molecule has 10 nitrogen and oxygen atoms in total. The average Bonchev–Trinajstić information content (AvgIpc) is 3.31. The number of benzene rings is 1. The molecule has 0 aliphatic heterocycles. The van der Waals surface area contributed by atoms with Crippen molar-refractivity contribution in [3.8, 4) is 11.3 Å². The van der Waals surface area contributed by atoms with Gasteiger partial charge in [0.05, 0.1) is 24.4 Å². The Hall–Kier alpha value is -2.43. The summed E-state index contributed by atoms with van der Waals surface area (Å²) in [4.78, 5) is 3.92. The third-order valence-corrected chi connectivity index (χ3v) is 6.48. The molecule has 1 fully saturated rings. The maximum absolute atomic E-state index is 12.8. The van der Waals surface area contributed by atoms with Gasteiger partial charge in [-0.1, -0.05) is 12.1 Å². The summed E-state index contributed by atoms with van der Waals surface area (Å²) in [5, 5.41) is 33.0. The molecule has 1 aromatic carbocycles. The van der Waals surface area contributed by atoms with Gasteiger partial charge in [-0.25, -0.2) is 10.1 Å². The summed E-state index contributed by atoms with van der Waals surface area (Å²) in [5.74, 6) is -0.0849. The van der Waals surface area contributed by atoms with Crippen LogP contribution in [0, 0.1) is 5.92 Å². The molecule has 0 amide bonds. The largest absolute Gasteiger partial charge is 0.446 e. The molecule has 1 saturated carbocycles. The Balaban J connectivity index is 1.82. The van der Waals surface area contributed by atoms with E-state index in [4.69, 9.17) is 5.14 Å². The number of aliphatic hydroxyl groups is 2. The highest BCUT2D eigenvalue weighted by atomic mass is 32.2. The van der Waals surface area contributed by atoms with Gasteiger partial charge in [0.15, 0.2) is 5.82 Å². The lowest BCUT2D eigenvalue weighted by Crippen LogP contribution is -2.40. The van der Waals surface area contributed by atoms with E-state index < -0.39 is 46.6 Å². The van der Waals surface area contributed by atoms with Crippen molar-refractivity contribution in [3.63, 3.8) is 0 Å². The second kappa shape index (κ2) is 10.7. The number of nitrogens with two attached hydrogens (primary N) is 1. The molecule has 2 aromatic rings. The van der Waals surface area contributed by atoms with Gasteiger partial charge >= 0.3 is 15.8 Å². The summed E-state index contributed by atoms with van der Waals surface area (Å²) in [6.07, 6.45) is -0.761. The molecule has 1 aromatic heterocycles. The summed E-state index contributed by atoms with van der Waals surface area (Å²) in [6.45, 7) is 4.78. The zero-order valence-corrected chi connectivity index (χ0v) is 20.0. The van der Waals surface area contributed by atoms with E-state index in [1.807, 2.05) is 0 Å². The Morgan fingerprint density at radius 2 is 2.11 bits per heavy atom. The molecule has 0 radical (unpaired) electrons. The van der Waals surface area contributed by atoms with Crippen LogP contribution in [0.1, 0.15) is 13.3 Å². The minimum atomic E-state index is -4.43. The fourth-order valence-electron chi connectivity index (χ4n) is 3.73. The van der Waals surface area contributed by atoms with Gasteiger partial charge in [0.1, 0.15) is 11.9 Å². The molecule has 35 heavy (non-hydrogen) atoms. The van der Waals surface area contributed by atoms with Gasteiger partial charge in [-0.05, 0) is 50.0 Å². The fraction of sp³-hybridized carbons (Fsp3) is 0.400. The molecule has 4 atom stereocenters. The Kier molecular flexibility index (Phi) is 8.28. The van der Waals surface area contributed by atoms with Crippen molar-refractivity contribution in [2.45, 2.75) is 42.0 Å². The Morgan fingerprint density at radius 1 is 1.40 bits per heavy atom. The number of hydrogen-bond acceptors (Lipinski definition) is 9. The lowest BCUT2D eigenvalue weighted by atomic mass is 10.1. The minimum Gasteiger partial charge on any atom is -0.390 e. The monoisotopic (exact) mass is 535 g/mol. The summed E-state index contributed by atoms with van der Waals surface area (Å²) in [7, 11) is -4.21. The second-order valence-electron chi connectivity index (χ2n) is 7.71. The SMILES string of the molecule is C=Nc1cc(-c2cccc(SC(F)(F)F)c2)nn1/C(=C\C)N[C@@H]1C[C@H](COS(N)(=O)=O)[C@@H](O)[C@H]1O. The first-order chi connectivity index (χ1) is 16.3. The van der Waals surface area contributed by atoms with E-state index in [2.05, 4.69) is 26.3 Å². The molecule has 192 valence electrons. The van der Waals surface area contributed by atoms with Gasteiger partial charge in [0, 0.05) is 22.4 Å². The predicted molar refractivity (Wildman–Crippen MR) is 125 cm³/mol. The number of halogens is 3. The quantitative estimate of drug-likeness (QED) is 0.282. The average molecular weight is 536 g/mol. The van der Waals surface area contributed by atoms with Crippen LogP contribution in [0.15, 0.2) is 46.3 Å². The van der Waals surface area contributed by atoms with Gasteiger partial charge < -0.3 is 15.5 Å². The third-order valence-electron chi connectivity index (χ3n) is 5.30. The van der Waals surface area contributed by atoms with Crippen LogP contribution in [-0.2, 0) is 14.5 Å². The number of aromatic nitrogens is 2. The molecule has 1 aliphatic carbocycles. The van der Waals surface area contributed by atoms with Gasteiger partial charge in [-0.15, -0.1) is 0 Å². The van der Waals surface area contributed by atoms with Gasteiger partial charge in [0.25, 0.3) is 0 Å². The summed E-state index contributed by atoms with van der Waals surface area (Å²) >= 11 is -0.237. The molecular weight excluding hydrogens is 511 g/mol. The number of rotatable bonds is 9. The van der Waals surface area contributed by atoms with Crippen molar-refractivity contribution in [2.24, 2.45) is 16.0 Å². The van der Waals surface area contributed by atoms with Crippen LogP contribution < -0.4 is 10.5 Å². The standard InChI is InChI=1S/C20H24F3N5O5S2/c1-3-16(26-15-8-12(18(29)19(15)30)10-33-35(24,31)32)28-17(25-2)9-14(27-28)11-5-4-6-13(7-11)34-20(21,22)23/h3-7,9,12,15,18-19,26,29-30H,2,8,10H2,1H3,(H2,24,31,32)/b16-3-/t12-,15-,18-,19+/m1/s1. The zero-order valence-electron chi connectivity index (χ0n) is 18.4. The highest BCUT2D eigenvalue weighted by Crippen LogP contribution is 2.38. The van der Waals surface area contributed by atoms with Crippen LogP contribution in [0.4, 0.5) is 19.0 Å². The fourth-order valence-corrected chi connectivity index (χ4v) is 4.69. The van der Waals surface area contributed by atoms with E-state index in [1.165, 1.54) is 28.9 Å². The molecule has 0 bridgehead atoms. The van der Waals surface area contributed by atoms with Gasteiger partial charge in [-0.2, -0.15) is 31.4 Å². The van der Waals surface area contributed by atoms with Crippen LogP contribution in [0.3, 0.4) is 0 Å². The first-order valence-corrected chi connectivity index (χ1v) is 12.5. The van der Waals surface area contributed by atoms with E-state index in [9.17, 15) is 31.8 Å². The van der Waals surface area contributed by atoms with E-state index in [0.29, 0.717) is 17.1 Å². The molecule has 1 aliphatic rings. The normalized spacial score (nSPS) is 23.5. The lowest BCUT2D eigenvalue weighted by Gasteiger charge is -2.21. The molecule has 3 rings (SSSR count).